The van der Waals surface area contributed by atoms with Gasteiger partial charge in [-0.25, -0.2) is 13.8 Å². The summed E-state index contributed by atoms with van der Waals surface area (Å²) in [7, 11) is 0. The zero-order chi connectivity index (χ0) is 9.68. The molecule has 1 heterocycles. The van der Waals surface area contributed by atoms with Crippen LogP contribution in [0.4, 0.5) is 8.78 Å². The molecule has 0 aliphatic rings. The van der Waals surface area contributed by atoms with Crippen LogP contribution in [0.3, 0.4) is 0 Å². The highest BCUT2D eigenvalue weighted by Crippen LogP contribution is 2.18. The molecule has 0 amide bonds. The summed E-state index contributed by atoms with van der Waals surface area (Å²) in [5.74, 6) is 0. The molecule has 0 bridgehead atoms. The maximum Gasteiger partial charge on any atom is 0.250 e. The van der Waals surface area contributed by atoms with E-state index in [0.29, 0.717) is 0 Å². The predicted molar refractivity (Wildman–Crippen MR) is 49.2 cm³/mol. The van der Waals surface area contributed by atoms with E-state index < -0.39 is 6.43 Å². The fourth-order valence-corrected chi connectivity index (χ4v) is 1.84. The van der Waals surface area contributed by atoms with Gasteiger partial charge in [-0.2, -0.15) is 0 Å². The Morgan fingerprint density at radius 3 is 2.85 bits per heavy atom. The SMILES string of the molecule is CCC(NCC(F)F)c1nccs1. The van der Waals surface area contributed by atoms with Crippen molar-refractivity contribution in [3.8, 4) is 0 Å². The number of hydrogen-bond acceptors (Lipinski definition) is 3. The molecular weight excluding hydrogens is 194 g/mol. The van der Waals surface area contributed by atoms with Crippen molar-refractivity contribution in [2.45, 2.75) is 25.8 Å². The summed E-state index contributed by atoms with van der Waals surface area (Å²) in [4.78, 5) is 4.08. The van der Waals surface area contributed by atoms with E-state index in [1.807, 2.05) is 12.3 Å². The molecule has 0 radical (unpaired) electrons. The van der Waals surface area contributed by atoms with Gasteiger partial charge < -0.3 is 5.32 Å². The Hall–Kier alpha value is -0.550. The molecule has 1 aromatic heterocycles. The molecule has 74 valence electrons. The Labute approximate surface area is 80.0 Å². The van der Waals surface area contributed by atoms with Gasteiger partial charge in [0.1, 0.15) is 5.01 Å². The molecule has 1 atom stereocenters. The Kier molecular flexibility index (Phi) is 4.24. The third-order valence-electron chi connectivity index (χ3n) is 1.68. The van der Waals surface area contributed by atoms with Crippen LogP contribution in [-0.2, 0) is 0 Å². The van der Waals surface area contributed by atoms with E-state index in [2.05, 4.69) is 10.3 Å². The first-order chi connectivity index (χ1) is 6.24. The first-order valence-corrected chi connectivity index (χ1v) is 5.03. The van der Waals surface area contributed by atoms with Crippen molar-refractivity contribution in [2.24, 2.45) is 0 Å². The van der Waals surface area contributed by atoms with E-state index in [1.54, 1.807) is 6.20 Å². The van der Waals surface area contributed by atoms with Gasteiger partial charge in [0.2, 0.25) is 0 Å². The summed E-state index contributed by atoms with van der Waals surface area (Å²) in [6.45, 7) is 1.68. The van der Waals surface area contributed by atoms with Crippen molar-refractivity contribution < 1.29 is 8.78 Å². The lowest BCUT2D eigenvalue weighted by atomic mass is 10.2. The lowest BCUT2D eigenvalue weighted by Crippen LogP contribution is -2.26. The zero-order valence-corrected chi connectivity index (χ0v) is 8.15. The highest BCUT2D eigenvalue weighted by molar-refractivity contribution is 7.09. The molecule has 1 unspecified atom stereocenters. The van der Waals surface area contributed by atoms with Gasteiger partial charge in [-0.1, -0.05) is 6.92 Å². The molecule has 1 N–H and O–H groups in total. The Balaban J connectivity index is 2.44. The third kappa shape index (κ3) is 3.36. The number of aromatic nitrogens is 1. The van der Waals surface area contributed by atoms with Crippen LogP contribution in [0.15, 0.2) is 11.6 Å². The lowest BCUT2D eigenvalue weighted by Gasteiger charge is -2.13. The summed E-state index contributed by atoms with van der Waals surface area (Å²) in [5, 5.41) is 5.50. The minimum atomic E-state index is -2.30. The van der Waals surface area contributed by atoms with Crippen molar-refractivity contribution in [1.29, 1.82) is 0 Å². The number of nitrogens with one attached hydrogen (secondary N) is 1. The van der Waals surface area contributed by atoms with Crippen molar-refractivity contribution >= 4 is 11.3 Å². The topological polar surface area (TPSA) is 24.9 Å². The van der Waals surface area contributed by atoms with Crippen LogP contribution in [0.2, 0.25) is 0 Å². The highest BCUT2D eigenvalue weighted by atomic mass is 32.1. The Morgan fingerprint density at radius 1 is 1.62 bits per heavy atom. The number of nitrogens with zero attached hydrogens (tertiary/aromatic N) is 1. The average Bonchev–Trinajstić information content (AvgIpc) is 2.58. The lowest BCUT2D eigenvalue weighted by molar-refractivity contribution is 0.141. The van der Waals surface area contributed by atoms with Gasteiger partial charge in [0.05, 0.1) is 12.6 Å². The second-order valence-electron chi connectivity index (χ2n) is 2.63. The van der Waals surface area contributed by atoms with Crippen LogP contribution < -0.4 is 5.32 Å². The maximum absolute atomic E-state index is 11.9. The van der Waals surface area contributed by atoms with Gasteiger partial charge in [0.25, 0.3) is 6.43 Å². The summed E-state index contributed by atoms with van der Waals surface area (Å²) in [6, 6.07) is -0.0333. The van der Waals surface area contributed by atoms with Crippen molar-refractivity contribution in [3.05, 3.63) is 16.6 Å². The summed E-state index contributed by atoms with van der Waals surface area (Å²) >= 11 is 1.49. The fraction of sp³-hybridized carbons (Fsp3) is 0.625. The molecule has 0 aliphatic carbocycles. The molecule has 0 saturated heterocycles. The first kappa shape index (κ1) is 10.5. The second-order valence-corrected chi connectivity index (χ2v) is 3.56. The summed E-state index contributed by atoms with van der Waals surface area (Å²) in [6.07, 6.45) is 0.168. The maximum atomic E-state index is 11.9. The van der Waals surface area contributed by atoms with E-state index in [9.17, 15) is 8.78 Å². The third-order valence-corrected chi connectivity index (χ3v) is 2.57. The quantitative estimate of drug-likeness (QED) is 0.800. The van der Waals surface area contributed by atoms with Crippen LogP contribution >= 0.6 is 11.3 Å². The molecule has 0 saturated carbocycles. The number of halogens is 2. The standard InChI is InChI=1S/C8H12F2N2S/c1-2-6(12-5-7(9)10)8-11-3-4-13-8/h3-4,6-7,12H,2,5H2,1H3. The smallest absolute Gasteiger partial charge is 0.250 e. The molecule has 2 nitrogen and oxygen atoms in total. The minimum Gasteiger partial charge on any atom is -0.302 e. The predicted octanol–water partition coefficient (Wildman–Crippen LogP) is 2.45. The van der Waals surface area contributed by atoms with Crippen molar-refractivity contribution in [1.82, 2.24) is 10.3 Å². The van der Waals surface area contributed by atoms with Crippen LogP contribution in [-0.4, -0.2) is 18.0 Å². The number of hydrogen-bond donors (Lipinski definition) is 1. The summed E-state index contributed by atoms with van der Waals surface area (Å²) in [5.41, 5.74) is 0. The molecule has 5 heteroatoms. The van der Waals surface area contributed by atoms with Crippen LogP contribution in [0, 0.1) is 0 Å². The Bertz CT molecular complexity index is 226. The van der Waals surface area contributed by atoms with Crippen LogP contribution in [0.5, 0.6) is 0 Å². The highest BCUT2D eigenvalue weighted by Gasteiger charge is 2.12. The average molecular weight is 206 g/mol. The number of alkyl halides is 2. The van der Waals surface area contributed by atoms with Crippen LogP contribution in [0.1, 0.15) is 24.4 Å². The van der Waals surface area contributed by atoms with Crippen LogP contribution in [0.25, 0.3) is 0 Å². The molecule has 1 rings (SSSR count). The molecule has 0 fully saturated rings. The van der Waals surface area contributed by atoms with Crippen molar-refractivity contribution in [3.63, 3.8) is 0 Å². The molecular formula is C8H12F2N2S. The molecule has 13 heavy (non-hydrogen) atoms. The number of thiazole rings is 1. The molecule has 0 aromatic carbocycles. The van der Waals surface area contributed by atoms with Crippen molar-refractivity contribution in [2.75, 3.05) is 6.54 Å². The van der Waals surface area contributed by atoms with Gasteiger partial charge in [-0.3, -0.25) is 0 Å². The van der Waals surface area contributed by atoms with Gasteiger partial charge >= 0.3 is 0 Å². The van der Waals surface area contributed by atoms with E-state index in [1.165, 1.54) is 11.3 Å². The van der Waals surface area contributed by atoms with E-state index >= 15 is 0 Å². The molecule has 1 aromatic rings. The monoisotopic (exact) mass is 206 g/mol. The molecule has 0 spiro atoms. The van der Waals surface area contributed by atoms with Gasteiger partial charge in [-0.05, 0) is 6.42 Å². The molecule has 0 aliphatic heterocycles. The van der Waals surface area contributed by atoms with E-state index in [0.717, 1.165) is 11.4 Å². The normalized spacial score (nSPS) is 13.5. The largest absolute Gasteiger partial charge is 0.302 e. The zero-order valence-electron chi connectivity index (χ0n) is 7.34. The Morgan fingerprint density at radius 2 is 2.38 bits per heavy atom. The van der Waals surface area contributed by atoms with E-state index in [4.69, 9.17) is 0 Å². The van der Waals surface area contributed by atoms with Gasteiger partial charge in [0.15, 0.2) is 0 Å². The summed E-state index contributed by atoms with van der Waals surface area (Å²) < 4.78 is 23.8. The second kappa shape index (κ2) is 5.24. The van der Waals surface area contributed by atoms with Gasteiger partial charge in [0, 0.05) is 11.6 Å². The minimum absolute atomic E-state index is 0.0333. The number of rotatable bonds is 5. The first-order valence-electron chi connectivity index (χ1n) is 4.15. The fourth-order valence-electron chi connectivity index (χ4n) is 1.04. The van der Waals surface area contributed by atoms with E-state index in [-0.39, 0.29) is 12.6 Å². The van der Waals surface area contributed by atoms with Gasteiger partial charge in [-0.15, -0.1) is 11.3 Å².